The van der Waals surface area contributed by atoms with Crippen molar-refractivity contribution in [1.82, 2.24) is 10.1 Å². The summed E-state index contributed by atoms with van der Waals surface area (Å²) in [5.41, 5.74) is 1.37. The van der Waals surface area contributed by atoms with Crippen LogP contribution in [0, 0.1) is 5.82 Å². The monoisotopic (exact) mass is 397 g/mol. The highest BCUT2D eigenvalue weighted by Crippen LogP contribution is 2.38. The van der Waals surface area contributed by atoms with Crippen LogP contribution in [0.2, 0.25) is 0 Å². The molecule has 1 aliphatic rings. The number of nitrogens with zero attached hydrogens (tertiary/aromatic N) is 3. The number of nitrogens with one attached hydrogen (secondary N) is 1. The van der Waals surface area contributed by atoms with Crippen molar-refractivity contribution < 1.29 is 13.9 Å². The first-order chi connectivity index (χ1) is 13.6. The summed E-state index contributed by atoms with van der Waals surface area (Å²) in [6.45, 7) is 1.75. The van der Waals surface area contributed by atoms with Gasteiger partial charge in [0.05, 0.1) is 16.8 Å². The van der Waals surface area contributed by atoms with Gasteiger partial charge in [-0.3, -0.25) is 14.6 Å². The largest absolute Gasteiger partial charge is 0.325 e. The lowest BCUT2D eigenvalue weighted by molar-refractivity contribution is -0.763. The van der Waals surface area contributed by atoms with Crippen LogP contribution in [0.4, 0.5) is 10.1 Å². The van der Waals surface area contributed by atoms with Gasteiger partial charge in [0.1, 0.15) is 5.82 Å². The Balaban J connectivity index is 2.12. The van der Waals surface area contributed by atoms with E-state index < -0.39 is 12.0 Å². The lowest BCUT2D eigenvalue weighted by Gasteiger charge is -2.32. The van der Waals surface area contributed by atoms with Gasteiger partial charge < -0.3 is 0 Å². The molecule has 1 atom stereocenters. The number of aromatic nitrogens is 3. The Morgan fingerprint density at radius 3 is 2.68 bits per heavy atom. The molecule has 4 rings (SSSR count). The summed E-state index contributed by atoms with van der Waals surface area (Å²) < 4.78 is 16.3. The molecule has 8 heteroatoms. The fourth-order valence-corrected chi connectivity index (χ4v) is 3.83. The SMILES string of the molecule is CCC(=O)N1c2ccccc2-c2c(=O)[nH]c(SC)n[n+]2[C@H]1c1ccccc1F. The molecule has 1 aromatic heterocycles. The minimum atomic E-state index is -0.897. The molecule has 2 heterocycles. The number of aromatic amines is 1. The topological polar surface area (TPSA) is 69.9 Å². The Morgan fingerprint density at radius 1 is 1.25 bits per heavy atom. The Bertz CT molecular complexity index is 1130. The quantitative estimate of drug-likeness (QED) is 0.545. The summed E-state index contributed by atoms with van der Waals surface area (Å²) in [6, 6.07) is 13.4. The number of para-hydroxylation sites is 1. The molecule has 1 N–H and O–H groups in total. The highest BCUT2D eigenvalue weighted by atomic mass is 32.2. The molecule has 0 saturated carbocycles. The van der Waals surface area contributed by atoms with E-state index in [0.29, 0.717) is 22.1 Å². The van der Waals surface area contributed by atoms with Crippen molar-refractivity contribution in [2.75, 3.05) is 11.2 Å². The van der Waals surface area contributed by atoms with Gasteiger partial charge in [-0.05, 0) is 35.2 Å². The van der Waals surface area contributed by atoms with Crippen LogP contribution in [0.15, 0.2) is 58.5 Å². The number of halogens is 1. The average Bonchev–Trinajstić information content (AvgIpc) is 2.72. The van der Waals surface area contributed by atoms with Crippen molar-refractivity contribution in [3.8, 4) is 11.3 Å². The molecule has 1 aliphatic heterocycles. The first kappa shape index (κ1) is 18.4. The van der Waals surface area contributed by atoms with E-state index in [1.807, 2.05) is 0 Å². The zero-order valence-corrected chi connectivity index (χ0v) is 16.2. The number of thioether (sulfide) groups is 1. The third-order valence-electron chi connectivity index (χ3n) is 4.71. The van der Waals surface area contributed by atoms with Crippen molar-refractivity contribution in [3.05, 3.63) is 70.3 Å². The van der Waals surface area contributed by atoms with Crippen LogP contribution >= 0.6 is 11.8 Å². The minimum absolute atomic E-state index is 0.188. The van der Waals surface area contributed by atoms with E-state index in [1.54, 1.807) is 55.6 Å². The molecule has 0 aliphatic carbocycles. The van der Waals surface area contributed by atoms with E-state index in [9.17, 15) is 14.0 Å². The molecule has 142 valence electrons. The maximum absolute atomic E-state index is 14.8. The third-order valence-corrected chi connectivity index (χ3v) is 5.28. The number of amides is 1. The van der Waals surface area contributed by atoms with Gasteiger partial charge in [-0.25, -0.2) is 9.29 Å². The molecule has 0 spiro atoms. The zero-order chi connectivity index (χ0) is 19.8. The fraction of sp³-hybridized carbons (Fsp3) is 0.200. The summed E-state index contributed by atoms with van der Waals surface area (Å²) in [5, 5.41) is 4.91. The summed E-state index contributed by atoms with van der Waals surface area (Å²) >= 11 is 1.27. The van der Waals surface area contributed by atoms with Crippen LogP contribution in [0.3, 0.4) is 0 Å². The third kappa shape index (κ3) is 2.80. The second-order valence-corrected chi connectivity index (χ2v) is 7.08. The molecular formula is C20H18FN4O2S+. The van der Waals surface area contributed by atoms with Gasteiger partial charge in [0, 0.05) is 11.5 Å². The van der Waals surface area contributed by atoms with Gasteiger partial charge in [-0.1, -0.05) is 43.0 Å². The second kappa shape index (κ2) is 7.20. The van der Waals surface area contributed by atoms with Crippen LogP contribution in [0.1, 0.15) is 25.1 Å². The molecule has 0 fully saturated rings. The van der Waals surface area contributed by atoms with E-state index in [-0.39, 0.29) is 23.5 Å². The molecule has 0 unspecified atom stereocenters. The second-order valence-electron chi connectivity index (χ2n) is 6.29. The van der Waals surface area contributed by atoms with E-state index >= 15 is 0 Å². The Hall–Kier alpha value is -3.00. The predicted octanol–water partition coefficient (Wildman–Crippen LogP) is 2.89. The first-order valence-electron chi connectivity index (χ1n) is 8.82. The van der Waals surface area contributed by atoms with Gasteiger partial charge >= 0.3 is 11.3 Å². The highest BCUT2D eigenvalue weighted by molar-refractivity contribution is 7.98. The lowest BCUT2D eigenvalue weighted by atomic mass is 10.0. The normalized spacial score (nSPS) is 15.1. The molecule has 28 heavy (non-hydrogen) atoms. The van der Waals surface area contributed by atoms with Crippen molar-refractivity contribution in [2.45, 2.75) is 24.7 Å². The molecule has 0 radical (unpaired) electrons. The summed E-state index contributed by atoms with van der Waals surface area (Å²) in [7, 11) is 0. The van der Waals surface area contributed by atoms with Gasteiger partial charge in [0.2, 0.25) is 11.1 Å². The summed E-state index contributed by atoms with van der Waals surface area (Å²) in [5.74, 6) is -0.654. The van der Waals surface area contributed by atoms with Crippen molar-refractivity contribution in [1.29, 1.82) is 0 Å². The van der Waals surface area contributed by atoms with E-state index in [1.165, 1.54) is 27.4 Å². The van der Waals surface area contributed by atoms with Crippen LogP contribution < -0.4 is 15.1 Å². The lowest BCUT2D eigenvalue weighted by Crippen LogP contribution is -2.61. The smallest absolute Gasteiger partial charge is 0.291 e. The van der Waals surface area contributed by atoms with E-state index in [4.69, 9.17) is 0 Å². The highest BCUT2D eigenvalue weighted by Gasteiger charge is 2.46. The summed E-state index contributed by atoms with van der Waals surface area (Å²) in [6.07, 6.45) is 1.12. The number of carbonyl (C=O) groups excluding carboxylic acids is 1. The first-order valence-corrected chi connectivity index (χ1v) is 10.0. The maximum atomic E-state index is 14.8. The van der Waals surface area contributed by atoms with Crippen molar-refractivity contribution in [3.63, 3.8) is 0 Å². The van der Waals surface area contributed by atoms with Gasteiger partial charge in [0.15, 0.2) is 0 Å². The van der Waals surface area contributed by atoms with Crippen LogP contribution in [-0.2, 0) is 4.79 Å². The number of hydrogen-bond donors (Lipinski definition) is 1. The van der Waals surface area contributed by atoms with E-state index in [2.05, 4.69) is 10.1 Å². The Morgan fingerprint density at radius 2 is 1.96 bits per heavy atom. The minimum Gasteiger partial charge on any atom is -0.291 e. The fourth-order valence-electron chi connectivity index (χ4n) is 3.47. The number of carbonyl (C=O) groups is 1. The standard InChI is InChI=1S/C20H17FN4O2S/c1-3-16(26)24-15-11-7-5-9-13(15)17-18(27)22-20(28-2)23-25(17)19(24)12-8-4-6-10-14(12)21/h4-11,19H,3H2,1-2H3/p+1/t19-/m0/s1. The van der Waals surface area contributed by atoms with Crippen LogP contribution in [0.5, 0.6) is 0 Å². The number of fused-ring (bicyclic) bond motifs is 3. The average molecular weight is 397 g/mol. The number of benzene rings is 2. The Labute approximate surface area is 165 Å². The molecular weight excluding hydrogens is 379 g/mol. The van der Waals surface area contributed by atoms with Crippen LogP contribution in [0.25, 0.3) is 11.3 Å². The van der Waals surface area contributed by atoms with Gasteiger partial charge in [0.25, 0.3) is 6.17 Å². The number of H-pyrrole nitrogens is 1. The number of anilines is 1. The zero-order valence-electron chi connectivity index (χ0n) is 15.3. The Kier molecular flexibility index (Phi) is 4.72. The maximum Gasteiger partial charge on any atom is 0.325 e. The molecule has 2 aromatic carbocycles. The predicted molar refractivity (Wildman–Crippen MR) is 105 cm³/mol. The molecule has 1 amide bonds. The molecule has 6 nitrogen and oxygen atoms in total. The van der Waals surface area contributed by atoms with Crippen molar-refractivity contribution >= 4 is 23.4 Å². The molecule has 0 bridgehead atoms. The van der Waals surface area contributed by atoms with Gasteiger partial charge in [-0.15, -0.1) is 0 Å². The van der Waals surface area contributed by atoms with E-state index in [0.717, 1.165) is 0 Å². The van der Waals surface area contributed by atoms with Gasteiger partial charge in [-0.2, -0.15) is 0 Å². The number of hydrogen-bond acceptors (Lipinski definition) is 4. The summed E-state index contributed by atoms with van der Waals surface area (Å²) in [4.78, 5) is 30.1. The van der Waals surface area contributed by atoms with Crippen LogP contribution in [-0.4, -0.2) is 22.2 Å². The molecule has 3 aromatic rings. The molecule has 0 saturated heterocycles. The number of rotatable bonds is 3. The van der Waals surface area contributed by atoms with Crippen molar-refractivity contribution in [2.24, 2.45) is 0 Å².